The third kappa shape index (κ3) is 5.79. The molecule has 326 valence electrons. The van der Waals surface area contributed by atoms with Crippen molar-refractivity contribution in [1.29, 1.82) is 0 Å². The van der Waals surface area contributed by atoms with E-state index in [4.69, 9.17) is 23.7 Å². The van der Waals surface area contributed by atoms with Crippen LogP contribution in [-0.2, 0) is 38.1 Å². The molecule has 0 aromatic carbocycles. The number of rotatable bonds is 9. The smallest absolute Gasteiger partial charge is 0.335 e. The zero-order chi connectivity index (χ0) is 42.1. The van der Waals surface area contributed by atoms with Crippen molar-refractivity contribution < 1.29 is 78.9 Å². The van der Waals surface area contributed by atoms with Crippen molar-refractivity contribution in [2.24, 2.45) is 50.7 Å². The van der Waals surface area contributed by atoms with Crippen LogP contribution in [0.2, 0.25) is 0 Å². The van der Waals surface area contributed by atoms with E-state index >= 15 is 0 Å². The van der Waals surface area contributed by atoms with Crippen LogP contribution in [0, 0.1) is 50.7 Å². The van der Waals surface area contributed by atoms with Crippen LogP contribution in [0.4, 0.5) is 0 Å². The second-order valence-corrected chi connectivity index (χ2v) is 19.9. The Bertz CT molecular complexity index is 1690. The predicted molar refractivity (Wildman–Crippen MR) is 198 cm³/mol. The molecule has 4 unspecified atom stereocenters. The average molecular weight is 823 g/mol. The van der Waals surface area contributed by atoms with Gasteiger partial charge >= 0.3 is 17.9 Å². The highest BCUT2D eigenvalue weighted by Crippen LogP contribution is 2.89. The van der Waals surface area contributed by atoms with Crippen LogP contribution in [-0.4, -0.2) is 139 Å². The third-order valence-corrected chi connectivity index (χ3v) is 17.9. The number of hydrogen-bond donors (Lipinski definition) is 8. The minimum Gasteiger partial charge on any atom is -0.481 e. The summed E-state index contributed by atoms with van der Waals surface area (Å²) < 4.78 is 29.5. The number of carbonyl (C=O) groups excluding carboxylic acids is 1. The number of cyclic esters (lactones) is 1. The molecule has 0 amide bonds. The summed E-state index contributed by atoms with van der Waals surface area (Å²) in [6.07, 6.45) is -9.10. The molecule has 58 heavy (non-hydrogen) atoms. The standard InChI is InChI=1S/C42H62O16/c1-18-6-7-21(54-34(18)51)19(2)20-10-12-39(4)23-8-9-24-40(5,37(52)53)25(11-13-41(24)17-42(23,41)15-14-38(20,39)3)56-36-32(28(46)26(44)22(16-43)55-36)58-35-30(48)27(45)29(47)31(57-35)33(49)50/h6,19-32,35-36,43-48H,7-17H2,1-5H3,(H,49,50)(H,52,53)/t19?,20-,21?,22-,23?,24?,25+,26-,27+,28+,29+,30-,31+,32-,35+,36+,38-,39+,40+,41-,42+/m1/s1. The lowest BCUT2D eigenvalue weighted by Crippen LogP contribution is -2.66. The molecule has 8 aliphatic rings. The van der Waals surface area contributed by atoms with E-state index in [1.54, 1.807) is 13.8 Å². The van der Waals surface area contributed by atoms with Crippen LogP contribution in [0.5, 0.6) is 0 Å². The van der Waals surface area contributed by atoms with E-state index in [1.165, 1.54) is 0 Å². The van der Waals surface area contributed by atoms with Gasteiger partial charge in [0.15, 0.2) is 18.7 Å². The number of aliphatic hydroxyl groups excluding tert-OH is 6. The summed E-state index contributed by atoms with van der Waals surface area (Å²) in [6, 6.07) is 0. The van der Waals surface area contributed by atoms with Crippen LogP contribution >= 0.6 is 0 Å². The molecule has 3 aliphatic heterocycles. The van der Waals surface area contributed by atoms with Gasteiger partial charge in [0.25, 0.3) is 0 Å². The molecule has 3 heterocycles. The van der Waals surface area contributed by atoms with Gasteiger partial charge in [0.05, 0.1) is 18.1 Å². The van der Waals surface area contributed by atoms with E-state index in [9.17, 15) is 55.2 Å². The van der Waals surface area contributed by atoms with Gasteiger partial charge in [-0.3, -0.25) is 4.79 Å². The summed E-state index contributed by atoms with van der Waals surface area (Å²) in [4.78, 5) is 38.0. The molecular weight excluding hydrogens is 760 g/mol. The molecule has 16 nitrogen and oxygen atoms in total. The lowest BCUT2D eigenvalue weighted by atomic mass is 9.41. The summed E-state index contributed by atoms with van der Waals surface area (Å²) in [5, 5.41) is 84.2. The fraction of sp³-hybridized carbons (Fsp3) is 0.881. The van der Waals surface area contributed by atoms with Crippen LogP contribution in [0.3, 0.4) is 0 Å². The topological polar surface area (TPSA) is 259 Å². The molecule has 0 aromatic heterocycles. The maximum absolute atomic E-state index is 13.7. The summed E-state index contributed by atoms with van der Waals surface area (Å²) in [7, 11) is 0. The Balaban J connectivity index is 1.04. The highest BCUT2D eigenvalue weighted by Gasteiger charge is 2.83. The summed E-state index contributed by atoms with van der Waals surface area (Å²) in [5.74, 6) is -2.23. The number of carboxylic acid groups (broad SMARTS) is 2. The van der Waals surface area contributed by atoms with Gasteiger partial charge in [-0.15, -0.1) is 0 Å². The van der Waals surface area contributed by atoms with Crippen molar-refractivity contribution in [1.82, 2.24) is 0 Å². The van der Waals surface area contributed by atoms with Gasteiger partial charge in [-0.1, -0.05) is 26.8 Å². The molecule has 8 N–H and O–H groups in total. The summed E-state index contributed by atoms with van der Waals surface area (Å²) in [6.45, 7) is 9.91. The lowest BCUT2D eigenvalue weighted by molar-refractivity contribution is -0.374. The van der Waals surface area contributed by atoms with Gasteiger partial charge in [-0.2, -0.15) is 0 Å². The number of carbonyl (C=O) groups is 3. The normalized spacial score (nSPS) is 54.2. The number of ether oxygens (including phenoxy) is 5. The molecule has 8 rings (SSSR count). The molecule has 2 saturated heterocycles. The first-order valence-electron chi connectivity index (χ1n) is 21.2. The van der Waals surface area contributed by atoms with Crippen LogP contribution in [0.15, 0.2) is 11.6 Å². The molecule has 5 aliphatic carbocycles. The molecule has 16 heteroatoms. The Kier molecular flexibility index (Phi) is 10.5. The van der Waals surface area contributed by atoms with E-state index in [0.717, 1.165) is 44.9 Å². The molecule has 0 aromatic rings. The second-order valence-electron chi connectivity index (χ2n) is 19.9. The number of esters is 1. The quantitative estimate of drug-likeness (QED) is 0.121. The van der Waals surface area contributed by atoms with Crippen molar-refractivity contribution in [3.05, 3.63) is 11.6 Å². The van der Waals surface area contributed by atoms with E-state index in [1.807, 2.05) is 6.08 Å². The number of hydrogen-bond acceptors (Lipinski definition) is 14. The highest BCUT2D eigenvalue weighted by molar-refractivity contribution is 5.88. The third-order valence-electron chi connectivity index (χ3n) is 17.9. The van der Waals surface area contributed by atoms with Gasteiger partial charge in [0, 0.05) is 12.0 Å². The first-order chi connectivity index (χ1) is 27.2. The minimum absolute atomic E-state index is 0.0157. The van der Waals surface area contributed by atoms with Crippen molar-refractivity contribution in [2.75, 3.05) is 6.61 Å². The fourth-order valence-electron chi connectivity index (χ4n) is 14.5. The number of fused-ring (bicyclic) bond motifs is 2. The monoisotopic (exact) mass is 822 g/mol. The highest BCUT2D eigenvalue weighted by atomic mass is 16.8. The lowest BCUT2D eigenvalue weighted by Gasteiger charge is -2.63. The van der Waals surface area contributed by atoms with Crippen molar-refractivity contribution >= 4 is 17.9 Å². The van der Waals surface area contributed by atoms with E-state index < -0.39 is 91.5 Å². The molecule has 21 atom stereocenters. The van der Waals surface area contributed by atoms with E-state index in [2.05, 4.69) is 20.8 Å². The zero-order valence-electron chi connectivity index (χ0n) is 33.9. The Labute approximate surface area is 337 Å². The molecular formula is C42H62O16. The van der Waals surface area contributed by atoms with Gasteiger partial charge in [0.1, 0.15) is 48.8 Å². The zero-order valence-corrected chi connectivity index (χ0v) is 33.9. The minimum atomic E-state index is -2.02. The first kappa shape index (κ1) is 42.4. The Morgan fingerprint density at radius 1 is 0.810 bits per heavy atom. The Hall–Kier alpha value is -2.25. The largest absolute Gasteiger partial charge is 0.481 e. The molecule has 5 saturated carbocycles. The molecule has 7 fully saturated rings. The maximum atomic E-state index is 13.7. The van der Waals surface area contributed by atoms with E-state index in [-0.39, 0.29) is 45.6 Å². The Morgan fingerprint density at radius 3 is 2.16 bits per heavy atom. The maximum Gasteiger partial charge on any atom is 0.335 e. The summed E-state index contributed by atoms with van der Waals surface area (Å²) in [5.41, 5.74) is -0.996. The van der Waals surface area contributed by atoms with Gasteiger partial charge in [-0.05, 0) is 117 Å². The van der Waals surface area contributed by atoms with Gasteiger partial charge < -0.3 is 64.5 Å². The van der Waals surface area contributed by atoms with E-state index in [0.29, 0.717) is 36.7 Å². The van der Waals surface area contributed by atoms with Crippen molar-refractivity contribution in [2.45, 2.75) is 172 Å². The molecule has 0 radical (unpaired) electrons. The van der Waals surface area contributed by atoms with Crippen LogP contribution in [0.1, 0.15) is 98.8 Å². The first-order valence-corrected chi connectivity index (χ1v) is 21.2. The summed E-state index contributed by atoms with van der Waals surface area (Å²) >= 11 is 0. The molecule has 0 bridgehead atoms. The van der Waals surface area contributed by atoms with Crippen molar-refractivity contribution in [3.63, 3.8) is 0 Å². The molecule has 2 spiro atoms. The average Bonchev–Trinajstić information content (AvgIpc) is 3.77. The van der Waals surface area contributed by atoms with Crippen molar-refractivity contribution in [3.8, 4) is 0 Å². The number of aliphatic carboxylic acids is 2. The Morgan fingerprint density at radius 2 is 1.50 bits per heavy atom. The van der Waals surface area contributed by atoms with Crippen LogP contribution in [0.25, 0.3) is 0 Å². The SMILES string of the molecule is CC1=CCC(C(C)[C@H]2CC[C@@]3(C)C4CCC5[C@@]6(CC[C@H](O[C@@H]7O[C@H](CO)[C@@H](O)[C@H](O)[C@H]7O[C@@H]7O[C@H](C(=O)O)[C@@H](O)[C@H](O)[C@H]7O)[C@@]5(C)C(=O)O)C[C@@]46CC[C@]23C)OC1=O. The number of carboxylic acids is 2. The second kappa shape index (κ2) is 14.4. The van der Waals surface area contributed by atoms with Gasteiger partial charge in [0.2, 0.25) is 0 Å². The number of aliphatic hydroxyl groups is 6. The predicted octanol–water partition coefficient (Wildman–Crippen LogP) is 1.49. The van der Waals surface area contributed by atoms with Crippen LogP contribution < -0.4 is 0 Å². The fourth-order valence-corrected chi connectivity index (χ4v) is 14.5. The van der Waals surface area contributed by atoms with Gasteiger partial charge in [-0.25, -0.2) is 9.59 Å².